The highest BCUT2D eigenvalue weighted by Gasteiger charge is 2.19. The van der Waals surface area contributed by atoms with Crippen LogP contribution in [0.25, 0.3) is 22.3 Å². The number of rotatable bonds is 12. The van der Waals surface area contributed by atoms with Crippen LogP contribution in [0.1, 0.15) is 37.9 Å². The Morgan fingerprint density at radius 1 is 0.634 bits per heavy atom. The molecule has 41 heavy (non-hydrogen) atoms. The molecule has 4 rings (SSSR count). The SMILES string of the molecule is CCCCOc1ccc(-c2ccc(C(F)CCOc3ccc(-c4ccc(OC)c(F)c4F)cc3F)cc2)c(F)c1F. The summed E-state index contributed by atoms with van der Waals surface area (Å²) in [5, 5.41) is 0. The summed E-state index contributed by atoms with van der Waals surface area (Å²) in [6.07, 6.45) is -0.0173. The lowest BCUT2D eigenvalue weighted by molar-refractivity contribution is 0.231. The molecule has 216 valence electrons. The summed E-state index contributed by atoms with van der Waals surface area (Å²) in [5.74, 6) is -5.92. The predicted molar refractivity (Wildman–Crippen MR) is 144 cm³/mol. The second-order valence-electron chi connectivity index (χ2n) is 9.26. The van der Waals surface area contributed by atoms with Crippen molar-refractivity contribution in [3.05, 3.63) is 101 Å². The van der Waals surface area contributed by atoms with Crippen LogP contribution in [0, 0.1) is 29.1 Å². The molecule has 0 saturated heterocycles. The maximum absolute atomic E-state index is 14.8. The van der Waals surface area contributed by atoms with Crippen molar-refractivity contribution in [3.63, 3.8) is 0 Å². The van der Waals surface area contributed by atoms with E-state index in [1.54, 1.807) is 0 Å². The van der Waals surface area contributed by atoms with Crippen LogP contribution < -0.4 is 14.2 Å². The van der Waals surface area contributed by atoms with E-state index in [2.05, 4.69) is 0 Å². The number of unbranched alkanes of at least 4 members (excludes halogenated alkanes) is 1. The van der Waals surface area contributed by atoms with Crippen LogP contribution in [0.5, 0.6) is 17.2 Å². The van der Waals surface area contributed by atoms with Crippen LogP contribution in [0.2, 0.25) is 0 Å². The van der Waals surface area contributed by atoms with E-state index in [9.17, 15) is 26.3 Å². The minimum Gasteiger partial charge on any atom is -0.494 e. The van der Waals surface area contributed by atoms with Crippen LogP contribution in [0.3, 0.4) is 0 Å². The minimum absolute atomic E-state index is 0.0202. The molecule has 0 aliphatic carbocycles. The fourth-order valence-electron chi connectivity index (χ4n) is 4.20. The van der Waals surface area contributed by atoms with Gasteiger partial charge in [-0.3, -0.25) is 0 Å². The lowest BCUT2D eigenvalue weighted by atomic mass is 10.0. The summed E-state index contributed by atoms with van der Waals surface area (Å²) in [7, 11) is 1.20. The second-order valence-corrected chi connectivity index (χ2v) is 9.26. The van der Waals surface area contributed by atoms with Gasteiger partial charge >= 0.3 is 0 Å². The molecule has 4 aromatic rings. The fourth-order valence-corrected chi connectivity index (χ4v) is 4.20. The number of ether oxygens (including phenoxy) is 3. The van der Waals surface area contributed by atoms with Crippen LogP contribution in [-0.2, 0) is 0 Å². The van der Waals surface area contributed by atoms with Gasteiger partial charge in [0.15, 0.2) is 34.7 Å². The van der Waals surface area contributed by atoms with Gasteiger partial charge < -0.3 is 14.2 Å². The van der Waals surface area contributed by atoms with Crippen LogP contribution in [-0.4, -0.2) is 20.3 Å². The zero-order chi connectivity index (χ0) is 29.5. The summed E-state index contributed by atoms with van der Waals surface area (Å²) in [5.41, 5.74) is 0.605. The van der Waals surface area contributed by atoms with Crippen molar-refractivity contribution < 1.29 is 40.6 Å². The summed E-state index contributed by atoms with van der Waals surface area (Å²) in [4.78, 5) is 0. The topological polar surface area (TPSA) is 27.7 Å². The maximum atomic E-state index is 14.8. The largest absolute Gasteiger partial charge is 0.494 e. The maximum Gasteiger partial charge on any atom is 0.201 e. The van der Waals surface area contributed by atoms with Crippen LogP contribution in [0.15, 0.2) is 66.7 Å². The van der Waals surface area contributed by atoms with Crippen molar-refractivity contribution in [1.29, 1.82) is 0 Å². The first-order valence-electron chi connectivity index (χ1n) is 13.0. The molecule has 0 fully saturated rings. The van der Waals surface area contributed by atoms with Gasteiger partial charge in [0.1, 0.15) is 6.17 Å². The molecular formula is C32H28F6O3. The van der Waals surface area contributed by atoms with E-state index in [0.29, 0.717) is 5.56 Å². The lowest BCUT2D eigenvalue weighted by Gasteiger charge is -2.13. The van der Waals surface area contributed by atoms with Gasteiger partial charge in [-0.1, -0.05) is 43.7 Å². The molecule has 0 aliphatic rings. The Balaban J connectivity index is 1.36. The molecule has 1 atom stereocenters. The average Bonchev–Trinajstić information content (AvgIpc) is 2.98. The van der Waals surface area contributed by atoms with Crippen LogP contribution >= 0.6 is 0 Å². The van der Waals surface area contributed by atoms with E-state index in [0.717, 1.165) is 18.9 Å². The summed E-state index contributed by atoms with van der Waals surface area (Å²) >= 11 is 0. The van der Waals surface area contributed by atoms with Gasteiger partial charge in [0.2, 0.25) is 11.6 Å². The molecule has 4 aromatic carbocycles. The first kappa shape index (κ1) is 29.8. The summed E-state index contributed by atoms with van der Waals surface area (Å²) < 4.78 is 102. The highest BCUT2D eigenvalue weighted by Crippen LogP contribution is 2.34. The second kappa shape index (κ2) is 13.5. The van der Waals surface area contributed by atoms with Gasteiger partial charge in [0.25, 0.3) is 0 Å². The Bertz CT molecular complexity index is 1490. The molecule has 0 bridgehead atoms. The molecule has 0 N–H and O–H groups in total. The Labute approximate surface area is 234 Å². The van der Waals surface area contributed by atoms with Gasteiger partial charge in [0, 0.05) is 17.5 Å². The molecule has 0 aliphatic heterocycles. The standard InChI is InChI=1S/C32H28F6O3/c1-3-4-16-40-28-14-11-22(29(35)32(28)38)19-5-7-20(8-6-19)24(33)15-17-41-26-12-9-21(18-25(26)34)23-10-13-27(39-2)31(37)30(23)36/h5-14,18,24H,3-4,15-17H2,1-2H3. The number of methoxy groups -OCH3 is 1. The molecule has 1 unspecified atom stereocenters. The van der Waals surface area contributed by atoms with E-state index < -0.39 is 35.3 Å². The van der Waals surface area contributed by atoms with Gasteiger partial charge in [-0.25, -0.2) is 17.6 Å². The number of hydrogen-bond acceptors (Lipinski definition) is 3. The van der Waals surface area contributed by atoms with Crippen molar-refractivity contribution in [2.75, 3.05) is 20.3 Å². The number of alkyl halides is 1. The normalized spacial score (nSPS) is 11.8. The molecule has 0 aromatic heterocycles. The number of hydrogen-bond donors (Lipinski definition) is 0. The van der Waals surface area contributed by atoms with Crippen molar-refractivity contribution >= 4 is 0 Å². The Kier molecular flexibility index (Phi) is 9.81. The zero-order valence-corrected chi connectivity index (χ0v) is 22.5. The third-order valence-electron chi connectivity index (χ3n) is 6.52. The van der Waals surface area contributed by atoms with E-state index in [-0.39, 0.29) is 59.1 Å². The van der Waals surface area contributed by atoms with Crippen molar-refractivity contribution in [2.45, 2.75) is 32.4 Å². The smallest absolute Gasteiger partial charge is 0.201 e. The quantitative estimate of drug-likeness (QED) is 0.125. The highest BCUT2D eigenvalue weighted by atomic mass is 19.2. The van der Waals surface area contributed by atoms with Crippen molar-refractivity contribution in [3.8, 4) is 39.5 Å². The molecule has 0 amide bonds. The fraction of sp³-hybridized carbons (Fsp3) is 0.250. The van der Waals surface area contributed by atoms with Gasteiger partial charge in [0.05, 0.1) is 20.3 Å². The van der Waals surface area contributed by atoms with Crippen LogP contribution in [0.4, 0.5) is 26.3 Å². The predicted octanol–water partition coefficient (Wildman–Crippen LogP) is 9.38. The minimum atomic E-state index is -1.47. The van der Waals surface area contributed by atoms with E-state index in [1.165, 1.54) is 67.8 Å². The molecular weight excluding hydrogens is 546 g/mol. The monoisotopic (exact) mass is 574 g/mol. The zero-order valence-electron chi connectivity index (χ0n) is 22.5. The Morgan fingerprint density at radius 2 is 1.20 bits per heavy atom. The first-order chi connectivity index (χ1) is 19.7. The molecule has 0 radical (unpaired) electrons. The molecule has 0 heterocycles. The first-order valence-corrected chi connectivity index (χ1v) is 13.0. The highest BCUT2D eigenvalue weighted by molar-refractivity contribution is 5.67. The third-order valence-corrected chi connectivity index (χ3v) is 6.52. The third kappa shape index (κ3) is 6.78. The van der Waals surface area contributed by atoms with Gasteiger partial charge in [-0.15, -0.1) is 0 Å². The Morgan fingerprint density at radius 3 is 1.83 bits per heavy atom. The average molecular weight is 575 g/mol. The summed E-state index contributed by atoms with van der Waals surface area (Å²) in [6, 6.07) is 14.8. The van der Waals surface area contributed by atoms with E-state index in [1.807, 2.05) is 6.92 Å². The lowest BCUT2D eigenvalue weighted by Crippen LogP contribution is -2.04. The van der Waals surface area contributed by atoms with Gasteiger partial charge in [-0.05, 0) is 59.5 Å². The molecule has 9 heteroatoms. The summed E-state index contributed by atoms with van der Waals surface area (Å²) in [6.45, 7) is 2.06. The molecule has 3 nitrogen and oxygen atoms in total. The molecule has 0 spiro atoms. The number of benzene rings is 4. The van der Waals surface area contributed by atoms with Gasteiger partial charge in [-0.2, -0.15) is 8.78 Å². The van der Waals surface area contributed by atoms with Crippen molar-refractivity contribution in [2.24, 2.45) is 0 Å². The van der Waals surface area contributed by atoms with E-state index in [4.69, 9.17) is 14.2 Å². The van der Waals surface area contributed by atoms with Crippen molar-refractivity contribution in [1.82, 2.24) is 0 Å². The van der Waals surface area contributed by atoms with E-state index >= 15 is 0 Å². The number of halogens is 6. The molecule has 0 saturated carbocycles. The Hall–Kier alpha value is -4.14.